The van der Waals surface area contributed by atoms with E-state index in [-0.39, 0.29) is 12.5 Å². The molecule has 0 aliphatic heterocycles. The highest BCUT2D eigenvalue weighted by Crippen LogP contribution is 2.31. The van der Waals surface area contributed by atoms with Gasteiger partial charge in [-0.05, 0) is 48.4 Å². The Kier molecular flexibility index (Phi) is 7.25. The summed E-state index contributed by atoms with van der Waals surface area (Å²) in [6.45, 7) is 2.78. The summed E-state index contributed by atoms with van der Waals surface area (Å²) in [7, 11) is -3.55. The van der Waals surface area contributed by atoms with Crippen LogP contribution in [0.15, 0.2) is 73.1 Å². The van der Waals surface area contributed by atoms with E-state index < -0.39 is 10.0 Å². The van der Waals surface area contributed by atoms with Crippen molar-refractivity contribution in [3.05, 3.63) is 89.7 Å². The molecular weight excluding hydrogens is 414 g/mol. The Morgan fingerprint density at radius 2 is 1.77 bits per heavy atom. The molecule has 31 heavy (non-hydrogen) atoms. The van der Waals surface area contributed by atoms with Gasteiger partial charge in [0.1, 0.15) is 5.75 Å². The van der Waals surface area contributed by atoms with Crippen LogP contribution in [0.5, 0.6) is 5.75 Å². The number of hydrogen-bond acceptors (Lipinski definition) is 5. The molecule has 1 heterocycles. The number of amides is 1. The largest absolute Gasteiger partial charge is 0.492 e. The predicted octanol–water partition coefficient (Wildman–Crippen LogP) is 3.38. The second-order valence-corrected chi connectivity index (χ2v) is 8.82. The molecule has 0 unspecified atom stereocenters. The number of ether oxygens (including phenoxy) is 1. The third-order valence-corrected chi connectivity index (χ3v) is 5.68. The summed E-state index contributed by atoms with van der Waals surface area (Å²) >= 11 is 0. The van der Waals surface area contributed by atoms with Crippen LogP contribution in [0.1, 0.15) is 28.4 Å². The van der Waals surface area contributed by atoms with Gasteiger partial charge in [-0.15, -0.1) is 0 Å². The smallest absolute Gasteiger partial charge is 0.251 e. The number of rotatable bonds is 9. The SMILES string of the molecule is CCOc1ccccc1N(Cc1ccc(C(=O)NCc2cccnc2)cc1)S(C)(=O)=O. The van der Waals surface area contributed by atoms with Gasteiger partial charge in [0.15, 0.2) is 0 Å². The van der Waals surface area contributed by atoms with Crippen LogP contribution in [0.3, 0.4) is 0 Å². The monoisotopic (exact) mass is 439 g/mol. The molecule has 3 rings (SSSR count). The van der Waals surface area contributed by atoms with Crippen molar-refractivity contribution in [2.45, 2.75) is 20.0 Å². The highest BCUT2D eigenvalue weighted by molar-refractivity contribution is 7.92. The second kappa shape index (κ2) is 10.1. The van der Waals surface area contributed by atoms with E-state index in [1.165, 1.54) is 4.31 Å². The van der Waals surface area contributed by atoms with Gasteiger partial charge in [-0.25, -0.2) is 8.42 Å². The highest BCUT2D eigenvalue weighted by atomic mass is 32.2. The molecule has 0 bridgehead atoms. The van der Waals surface area contributed by atoms with Crippen LogP contribution < -0.4 is 14.4 Å². The number of nitrogens with zero attached hydrogens (tertiary/aromatic N) is 2. The summed E-state index contributed by atoms with van der Waals surface area (Å²) in [6.07, 6.45) is 4.54. The van der Waals surface area contributed by atoms with Crippen molar-refractivity contribution >= 4 is 21.6 Å². The van der Waals surface area contributed by atoms with Crippen molar-refractivity contribution in [1.82, 2.24) is 10.3 Å². The van der Waals surface area contributed by atoms with Crippen molar-refractivity contribution in [2.24, 2.45) is 0 Å². The number of carbonyl (C=O) groups is 1. The van der Waals surface area contributed by atoms with E-state index in [9.17, 15) is 13.2 Å². The van der Waals surface area contributed by atoms with Crippen LogP contribution in [0.25, 0.3) is 0 Å². The molecule has 0 spiro atoms. The predicted molar refractivity (Wildman–Crippen MR) is 120 cm³/mol. The van der Waals surface area contributed by atoms with Gasteiger partial charge in [-0.1, -0.05) is 30.3 Å². The minimum absolute atomic E-state index is 0.126. The zero-order valence-corrected chi connectivity index (χ0v) is 18.3. The number of nitrogens with one attached hydrogen (secondary N) is 1. The fraction of sp³-hybridized carbons (Fsp3) is 0.217. The Morgan fingerprint density at radius 1 is 1.03 bits per heavy atom. The van der Waals surface area contributed by atoms with Gasteiger partial charge in [0, 0.05) is 24.5 Å². The van der Waals surface area contributed by atoms with Crippen LogP contribution in [0.2, 0.25) is 0 Å². The molecule has 3 aromatic rings. The molecular formula is C23H25N3O4S. The standard InChI is InChI=1S/C23H25N3O4S/c1-3-30-22-9-5-4-8-21(22)26(31(2,28)29)17-18-10-12-20(13-11-18)23(27)25-16-19-7-6-14-24-15-19/h4-15H,3,16-17H2,1-2H3,(H,25,27). The fourth-order valence-electron chi connectivity index (χ4n) is 3.04. The molecule has 0 atom stereocenters. The Balaban J connectivity index is 1.74. The highest BCUT2D eigenvalue weighted by Gasteiger charge is 2.21. The second-order valence-electron chi connectivity index (χ2n) is 6.91. The van der Waals surface area contributed by atoms with Crippen LogP contribution >= 0.6 is 0 Å². The van der Waals surface area contributed by atoms with Gasteiger partial charge in [-0.2, -0.15) is 0 Å². The summed E-state index contributed by atoms with van der Waals surface area (Å²) in [4.78, 5) is 16.4. The van der Waals surface area contributed by atoms with Crippen LogP contribution in [0.4, 0.5) is 5.69 Å². The molecule has 0 aliphatic rings. The molecule has 0 radical (unpaired) electrons. The van der Waals surface area contributed by atoms with Gasteiger partial charge < -0.3 is 10.1 Å². The first-order valence-electron chi connectivity index (χ1n) is 9.84. The maximum Gasteiger partial charge on any atom is 0.251 e. The summed E-state index contributed by atoms with van der Waals surface area (Å²) in [5, 5.41) is 2.85. The lowest BCUT2D eigenvalue weighted by Gasteiger charge is -2.24. The van der Waals surface area contributed by atoms with Crippen molar-refractivity contribution in [1.29, 1.82) is 0 Å². The van der Waals surface area contributed by atoms with Gasteiger partial charge in [0.25, 0.3) is 5.91 Å². The normalized spacial score (nSPS) is 11.0. The van der Waals surface area contributed by atoms with E-state index in [1.54, 1.807) is 60.9 Å². The number of carbonyl (C=O) groups excluding carboxylic acids is 1. The third kappa shape index (κ3) is 6.05. The number of anilines is 1. The van der Waals surface area contributed by atoms with Crippen molar-refractivity contribution in [3.8, 4) is 5.75 Å². The topological polar surface area (TPSA) is 88.6 Å². The third-order valence-electron chi connectivity index (χ3n) is 4.55. The summed E-state index contributed by atoms with van der Waals surface area (Å²) < 4.78 is 31.9. The van der Waals surface area contributed by atoms with Gasteiger partial charge in [-0.3, -0.25) is 14.1 Å². The molecule has 0 saturated carbocycles. The molecule has 7 nitrogen and oxygen atoms in total. The van der Waals surface area contributed by atoms with E-state index in [2.05, 4.69) is 10.3 Å². The van der Waals surface area contributed by atoms with E-state index in [0.717, 1.165) is 17.4 Å². The Bertz CT molecular complexity index is 1120. The van der Waals surface area contributed by atoms with Crippen molar-refractivity contribution in [3.63, 3.8) is 0 Å². The molecule has 162 valence electrons. The lowest BCUT2D eigenvalue weighted by Crippen LogP contribution is -2.29. The molecule has 1 amide bonds. The molecule has 2 aromatic carbocycles. The van der Waals surface area contributed by atoms with Crippen LogP contribution in [-0.4, -0.2) is 32.2 Å². The number of pyridine rings is 1. The van der Waals surface area contributed by atoms with E-state index in [4.69, 9.17) is 4.74 Å². The van der Waals surface area contributed by atoms with Gasteiger partial charge in [0.05, 0.1) is 25.1 Å². The average molecular weight is 440 g/mol. The number of sulfonamides is 1. The molecule has 1 aromatic heterocycles. The summed E-state index contributed by atoms with van der Waals surface area (Å²) in [6, 6.07) is 17.6. The molecule has 0 saturated heterocycles. The number of hydrogen-bond donors (Lipinski definition) is 1. The first-order chi connectivity index (χ1) is 14.9. The number of para-hydroxylation sites is 2. The van der Waals surface area contributed by atoms with Crippen molar-refractivity contribution < 1.29 is 17.9 Å². The number of benzene rings is 2. The Morgan fingerprint density at radius 3 is 2.42 bits per heavy atom. The summed E-state index contributed by atoms with van der Waals surface area (Å²) in [5.74, 6) is 0.291. The van der Waals surface area contributed by atoms with Gasteiger partial charge >= 0.3 is 0 Å². The first kappa shape index (κ1) is 22.3. The molecule has 0 aliphatic carbocycles. The maximum atomic E-state index is 12.5. The van der Waals surface area contributed by atoms with Crippen molar-refractivity contribution in [2.75, 3.05) is 17.2 Å². The Labute approximate surface area is 182 Å². The fourth-order valence-corrected chi connectivity index (χ4v) is 3.93. The lowest BCUT2D eigenvalue weighted by molar-refractivity contribution is 0.0951. The molecule has 8 heteroatoms. The van der Waals surface area contributed by atoms with Crippen LogP contribution in [-0.2, 0) is 23.1 Å². The first-order valence-corrected chi connectivity index (χ1v) is 11.7. The Hall–Kier alpha value is -3.39. The van der Waals surface area contributed by atoms with E-state index >= 15 is 0 Å². The van der Waals surface area contributed by atoms with Gasteiger partial charge in [0.2, 0.25) is 10.0 Å². The zero-order valence-electron chi connectivity index (χ0n) is 17.5. The summed E-state index contributed by atoms with van der Waals surface area (Å²) in [5.41, 5.74) is 2.63. The maximum absolute atomic E-state index is 12.5. The van der Waals surface area contributed by atoms with E-state index in [0.29, 0.717) is 30.2 Å². The van der Waals surface area contributed by atoms with Crippen LogP contribution in [0, 0.1) is 0 Å². The van der Waals surface area contributed by atoms with E-state index in [1.807, 2.05) is 19.1 Å². The number of aromatic nitrogens is 1. The molecule has 0 fully saturated rings. The lowest BCUT2D eigenvalue weighted by atomic mass is 10.1. The molecule has 1 N–H and O–H groups in total. The minimum Gasteiger partial charge on any atom is -0.492 e. The quantitative estimate of drug-likeness (QED) is 0.552. The minimum atomic E-state index is -3.55. The average Bonchev–Trinajstić information content (AvgIpc) is 2.77. The zero-order chi connectivity index (χ0) is 22.3.